The Kier molecular flexibility index (Phi) is 9.53. The summed E-state index contributed by atoms with van der Waals surface area (Å²) in [5.74, 6) is 1.80. The van der Waals surface area contributed by atoms with Crippen molar-refractivity contribution >= 4 is 5.84 Å². The van der Waals surface area contributed by atoms with Gasteiger partial charge in [0.2, 0.25) is 0 Å². The number of nitrogens with zero attached hydrogens (tertiary/aromatic N) is 2. The molecule has 0 aliphatic carbocycles. The van der Waals surface area contributed by atoms with Crippen molar-refractivity contribution in [3.8, 4) is 5.75 Å². The maximum atomic E-state index is 13.8. The minimum atomic E-state index is -0.348. The summed E-state index contributed by atoms with van der Waals surface area (Å²) in [6, 6.07) is 6.20. The molecule has 168 valence electrons. The number of benzene rings is 1. The van der Waals surface area contributed by atoms with E-state index in [2.05, 4.69) is 31.8 Å². The summed E-state index contributed by atoms with van der Waals surface area (Å²) in [6.07, 6.45) is 8.70. The van der Waals surface area contributed by atoms with Crippen LogP contribution in [0.2, 0.25) is 0 Å². The first kappa shape index (κ1) is 24.4. The van der Waals surface area contributed by atoms with Crippen molar-refractivity contribution in [2.75, 3.05) is 34.4 Å². The number of allylic oxidation sites excluding steroid dienone is 4. The molecular weight excluding hydrogens is 393 g/mol. The molecule has 1 aromatic carbocycles. The Morgan fingerprint density at radius 2 is 2.19 bits per heavy atom. The van der Waals surface area contributed by atoms with E-state index in [0.29, 0.717) is 24.7 Å². The second-order valence-electron chi connectivity index (χ2n) is 7.82. The van der Waals surface area contributed by atoms with Gasteiger partial charge in [-0.15, -0.1) is 0 Å². The average Bonchev–Trinajstić information content (AvgIpc) is 2.80. The van der Waals surface area contributed by atoms with Gasteiger partial charge in [-0.05, 0) is 25.5 Å². The minimum absolute atomic E-state index is 0.0673. The number of amidine groups is 1. The highest BCUT2D eigenvalue weighted by Gasteiger charge is 2.18. The number of aliphatic imine (C=N–C) groups is 1. The van der Waals surface area contributed by atoms with Gasteiger partial charge in [0.15, 0.2) is 0 Å². The molecule has 0 saturated carbocycles. The summed E-state index contributed by atoms with van der Waals surface area (Å²) in [4.78, 5) is 6.80. The van der Waals surface area contributed by atoms with Crippen molar-refractivity contribution in [2.45, 2.75) is 26.3 Å². The summed E-state index contributed by atoms with van der Waals surface area (Å²) >= 11 is 0. The Morgan fingerprint density at radius 1 is 1.42 bits per heavy atom. The molecule has 2 atom stereocenters. The zero-order valence-electron chi connectivity index (χ0n) is 19.2. The minimum Gasteiger partial charge on any atom is -0.459 e. The van der Waals surface area contributed by atoms with Crippen molar-refractivity contribution in [1.82, 2.24) is 10.2 Å². The van der Waals surface area contributed by atoms with Crippen LogP contribution in [-0.4, -0.2) is 51.1 Å². The maximum absolute atomic E-state index is 13.8. The van der Waals surface area contributed by atoms with Gasteiger partial charge in [0.1, 0.15) is 23.2 Å². The predicted octanol–water partition coefficient (Wildman–Crippen LogP) is 4.71. The van der Waals surface area contributed by atoms with Crippen LogP contribution in [0.5, 0.6) is 5.75 Å². The van der Waals surface area contributed by atoms with E-state index in [-0.39, 0.29) is 17.8 Å². The second-order valence-corrected chi connectivity index (χ2v) is 7.82. The molecule has 1 aliphatic heterocycles. The zero-order chi connectivity index (χ0) is 22.8. The van der Waals surface area contributed by atoms with E-state index in [0.717, 1.165) is 23.4 Å². The molecule has 2 rings (SSSR count). The van der Waals surface area contributed by atoms with Gasteiger partial charge in [0, 0.05) is 63.2 Å². The molecule has 1 aromatic rings. The predicted molar refractivity (Wildman–Crippen MR) is 126 cm³/mol. The Hall–Kier alpha value is -2.86. The van der Waals surface area contributed by atoms with Crippen LogP contribution in [-0.2, 0) is 4.74 Å². The third kappa shape index (κ3) is 7.72. The smallest absolute Gasteiger partial charge is 0.133 e. The van der Waals surface area contributed by atoms with E-state index in [1.807, 2.05) is 31.3 Å². The number of methoxy groups -OCH3 is 1. The van der Waals surface area contributed by atoms with Gasteiger partial charge in [-0.25, -0.2) is 4.39 Å². The molecule has 0 radical (unpaired) electrons. The second kappa shape index (κ2) is 12.1. The van der Waals surface area contributed by atoms with E-state index in [4.69, 9.17) is 14.5 Å². The average molecular weight is 428 g/mol. The number of nitrogens with one attached hydrogen (secondary N) is 1. The Morgan fingerprint density at radius 3 is 2.84 bits per heavy atom. The summed E-state index contributed by atoms with van der Waals surface area (Å²) in [5, 5.41) is 3.49. The van der Waals surface area contributed by atoms with Crippen LogP contribution in [0.3, 0.4) is 0 Å². The topological polar surface area (TPSA) is 46.1 Å². The van der Waals surface area contributed by atoms with Crippen LogP contribution in [0.15, 0.2) is 77.2 Å². The standard InChI is InChI=1S/C25H34FN3O2/c1-7-20(17-29(4)5)23-12-11-19(3)28-25(18(2)13-14-30-6)27-16-24(23)31-22-10-8-9-21(26)15-22/h7-12,15,17-19H,1,13-14,16H2,2-6H3,(H,27,28)/b12-11-,20-17+,24-23-. The molecule has 0 saturated heterocycles. The quantitative estimate of drug-likeness (QED) is 0.580. The molecule has 1 heterocycles. The fourth-order valence-electron chi connectivity index (χ4n) is 3.16. The van der Waals surface area contributed by atoms with E-state index in [9.17, 15) is 4.39 Å². The first-order valence-electron chi connectivity index (χ1n) is 10.5. The lowest BCUT2D eigenvalue weighted by molar-refractivity contribution is 0.188. The van der Waals surface area contributed by atoms with Gasteiger partial charge in [0.05, 0.1) is 6.54 Å². The highest BCUT2D eigenvalue weighted by atomic mass is 19.1. The maximum Gasteiger partial charge on any atom is 0.133 e. The molecule has 0 aromatic heterocycles. The Balaban J connectivity index is 2.55. The first-order chi connectivity index (χ1) is 14.8. The molecule has 0 spiro atoms. The van der Waals surface area contributed by atoms with Crippen molar-refractivity contribution in [2.24, 2.45) is 10.9 Å². The molecule has 0 bridgehead atoms. The van der Waals surface area contributed by atoms with E-state index in [1.54, 1.807) is 25.3 Å². The van der Waals surface area contributed by atoms with Crippen LogP contribution in [0.25, 0.3) is 0 Å². The van der Waals surface area contributed by atoms with E-state index < -0.39 is 0 Å². The molecule has 1 aliphatic rings. The van der Waals surface area contributed by atoms with Crippen LogP contribution < -0.4 is 10.1 Å². The molecule has 0 amide bonds. The lowest BCUT2D eigenvalue weighted by atomic mass is 10.0. The molecule has 5 nitrogen and oxygen atoms in total. The number of halogens is 1. The molecule has 1 N–H and O–H groups in total. The van der Waals surface area contributed by atoms with Crippen molar-refractivity contribution in [3.63, 3.8) is 0 Å². The third-order valence-corrected chi connectivity index (χ3v) is 4.81. The SMILES string of the molecule is C=CC(=C\N(C)C)/C1=C(\Oc2cccc(F)c2)C/N=C(/C(C)CCOC)NC(C)/C=C\1. The fourth-order valence-corrected chi connectivity index (χ4v) is 3.16. The number of hydrogen-bond donors (Lipinski definition) is 1. The van der Waals surface area contributed by atoms with E-state index in [1.165, 1.54) is 12.1 Å². The highest BCUT2D eigenvalue weighted by molar-refractivity contribution is 5.85. The number of hydrogen-bond acceptors (Lipinski definition) is 5. The Labute approximate surface area is 185 Å². The molecule has 31 heavy (non-hydrogen) atoms. The lowest BCUT2D eigenvalue weighted by Gasteiger charge is -2.19. The first-order valence-corrected chi connectivity index (χ1v) is 10.5. The Bertz CT molecular complexity index is 871. The molecule has 0 fully saturated rings. The number of rotatable bonds is 9. The zero-order valence-corrected chi connectivity index (χ0v) is 19.2. The van der Waals surface area contributed by atoms with Crippen molar-refractivity contribution in [1.29, 1.82) is 0 Å². The third-order valence-electron chi connectivity index (χ3n) is 4.81. The monoisotopic (exact) mass is 427 g/mol. The molecular formula is C25H34FN3O2. The highest BCUT2D eigenvalue weighted by Crippen LogP contribution is 2.24. The summed E-state index contributed by atoms with van der Waals surface area (Å²) in [7, 11) is 5.60. The summed E-state index contributed by atoms with van der Waals surface area (Å²) < 4.78 is 25.2. The molecule has 6 heteroatoms. The van der Waals surface area contributed by atoms with Crippen LogP contribution >= 0.6 is 0 Å². The van der Waals surface area contributed by atoms with Crippen LogP contribution in [0, 0.1) is 11.7 Å². The van der Waals surface area contributed by atoms with Gasteiger partial charge in [-0.1, -0.05) is 37.8 Å². The lowest BCUT2D eigenvalue weighted by Crippen LogP contribution is -2.36. The molecule has 2 unspecified atom stereocenters. The number of ether oxygens (including phenoxy) is 2. The van der Waals surface area contributed by atoms with Crippen molar-refractivity contribution < 1.29 is 13.9 Å². The van der Waals surface area contributed by atoms with Gasteiger partial charge in [-0.2, -0.15) is 0 Å². The van der Waals surface area contributed by atoms with Crippen molar-refractivity contribution in [3.05, 3.63) is 78.0 Å². The largest absolute Gasteiger partial charge is 0.459 e. The van der Waals surface area contributed by atoms with E-state index >= 15 is 0 Å². The summed E-state index contributed by atoms with van der Waals surface area (Å²) in [6.45, 7) is 9.14. The normalized spacial score (nSPS) is 23.4. The van der Waals surface area contributed by atoms with Gasteiger partial charge < -0.3 is 19.7 Å². The summed E-state index contributed by atoms with van der Waals surface area (Å²) in [5.41, 5.74) is 1.75. The van der Waals surface area contributed by atoms with Gasteiger partial charge in [-0.3, -0.25) is 4.99 Å². The van der Waals surface area contributed by atoms with Crippen LogP contribution in [0.1, 0.15) is 20.3 Å². The van der Waals surface area contributed by atoms with Gasteiger partial charge >= 0.3 is 0 Å². The van der Waals surface area contributed by atoms with Gasteiger partial charge in [0.25, 0.3) is 0 Å². The fraction of sp³-hybridized carbons (Fsp3) is 0.400. The van der Waals surface area contributed by atoms with Crippen LogP contribution in [0.4, 0.5) is 4.39 Å².